The van der Waals surface area contributed by atoms with Gasteiger partial charge in [0.1, 0.15) is 17.3 Å². The molecule has 1 amide bonds. The molecular formula is C20H17ClF2N2OS. The summed E-state index contributed by atoms with van der Waals surface area (Å²) < 4.78 is 27.5. The summed E-state index contributed by atoms with van der Waals surface area (Å²) in [6.07, 6.45) is 3.39. The van der Waals surface area contributed by atoms with Gasteiger partial charge in [-0.25, -0.2) is 13.8 Å². The van der Waals surface area contributed by atoms with Crippen molar-refractivity contribution < 1.29 is 13.6 Å². The normalized spacial score (nSPS) is 15.6. The van der Waals surface area contributed by atoms with Gasteiger partial charge in [0.15, 0.2) is 5.17 Å². The fourth-order valence-electron chi connectivity index (χ4n) is 2.49. The van der Waals surface area contributed by atoms with Gasteiger partial charge in [-0.1, -0.05) is 54.9 Å². The Kier molecular flexibility index (Phi) is 6.29. The monoisotopic (exact) mass is 406 g/mol. The van der Waals surface area contributed by atoms with Gasteiger partial charge in [-0.05, 0) is 36.8 Å². The van der Waals surface area contributed by atoms with Crippen LogP contribution >= 0.6 is 23.4 Å². The van der Waals surface area contributed by atoms with E-state index in [0.29, 0.717) is 10.9 Å². The Hall–Kier alpha value is -2.18. The molecular weight excluding hydrogens is 390 g/mol. The van der Waals surface area contributed by atoms with Crippen LogP contribution < -0.4 is 4.90 Å². The van der Waals surface area contributed by atoms with Crippen molar-refractivity contribution in [3.05, 3.63) is 70.4 Å². The van der Waals surface area contributed by atoms with Gasteiger partial charge in [-0.3, -0.25) is 9.69 Å². The summed E-state index contributed by atoms with van der Waals surface area (Å²) in [5.41, 5.74) is 0.826. The Bertz CT molecular complexity index is 930. The number of rotatable bonds is 5. The molecule has 0 bridgehead atoms. The van der Waals surface area contributed by atoms with Crippen LogP contribution in [0.25, 0.3) is 6.08 Å². The van der Waals surface area contributed by atoms with Crippen molar-refractivity contribution in [2.45, 2.75) is 19.8 Å². The summed E-state index contributed by atoms with van der Waals surface area (Å²) in [6, 6.07) is 10.2. The first-order chi connectivity index (χ1) is 13.0. The number of carbonyl (C=O) groups excluding carboxylic acids is 1. The van der Waals surface area contributed by atoms with Crippen molar-refractivity contribution >= 4 is 46.2 Å². The number of hydrogen-bond acceptors (Lipinski definition) is 3. The molecule has 0 fully saturated rings. The van der Waals surface area contributed by atoms with E-state index in [-0.39, 0.29) is 16.3 Å². The number of anilines is 1. The molecule has 0 atom stereocenters. The maximum absolute atomic E-state index is 14.0. The highest BCUT2D eigenvalue weighted by Crippen LogP contribution is 2.32. The SMILES string of the molecule is CCCCSC1=NC(=Cc2ccccc2F)C(=O)N1c1ccc(F)c(Cl)c1. The van der Waals surface area contributed by atoms with E-state index < -0.39 is 17.5 Å². The molecule has 27 heavy (non-hydrogen) atoms. The fraction of sp³-hybridized carbons (Fsp3) is 0.200. The Labute approximate surface area is 165 Å². The zero-order valence-corrected chi connectivity index (χ0v) is 16.2. The van der Waals surface area contributed by atoms with Gasteiger partial charge >= 0.3 is 0 Å². The lowest BCUT2D eigenvalue weighted by Crippen LogP contribution is -2.30. The zero-order chi connectivity index (χ0) is 19.4. The van der Waals surface area contributed by atoms with Crippen LogP contribution in [0, 0.1) is 11.6 Å². The van der Waals surface area contributed by atoms with Crippen molar-refractivity contribution in [3.63, 3.8) is 0 Å². The third-order valence-electron chi connectivity index (χ3n) is 3.92. The number of halogens is 3. The average Bonchev–Trinajstić information content (AvgIpc) is 2.95. The molecule has 0 radical (unpaired) electrons. The van der Waals surface area contributed by atoms with Crippen LogP contribution in [0.4, 0.5) is 14.5 Å². The van der Waals surface area contributed by atoms with E-state index in [1.807, 2.05) is 0 Å². The molecule has 0 aliphatic carbocycles. The van der Waals surface area contributed by atoms with E-state index in [2.05, 4.69) is 11.9 Å². The summed E-state index contributed by atoms with van der Waals surface area (Å²) in [5, 5.41) is 0.392. The van der Waals surface area contributed by atoms with E-state index in [4.69, 9.17) is 11.6 Å². The number of benzene rings is 2. The molecule has 2 aromatic rings. The summed E-state index contributed by atoms with van der Waals surface area (Å²) in [6.45, 7) is 2.07. The lowest BCUT2D eigenvalue weighted by Gasteiger charge is -2.18. The van der Waals surface area contributed by atoms with Crippen LogP contribution in [-0.2, 0) is 4.79 Å². The average molecular weight is 407 g/mol. The van der Waals surface area contributed by atoms with Crippen LogP contribution in [0.15, 0.2) is 53.2 Å². The third kappa shape index (κ3) is 4.39. The molecule has 1 heterocycles. The zero-order valence-electron chi connectivity index (χ0n) is 14.6. The molecule has 0 spiro atoms. The van der Waals surface area contributed by atoms with E-state index in [9.17, 15) is 13.6 Å². The second-order valence-corrected chi connectivity index (χ2v) is 7.36. The Balaban J connectivity index is 1.99. The quantitative estimate of drug-likeness (QED) is 0.457. The topological polar surface area (TPSA) is 32.7 Å². The first kappa shape index (κ1) is 19.6. The van der Waals surface area contributed by atoms with Crippen molar-refractivity contribution in [1.82, 2.24) is 0 Å². The second kappa shape index (κ2) is 8.67. The lowest BCUT2D eigenvalue weighted by atomic mass is 10.1. The summed E-state index contributed by atoms with van der Waals surface area (Å²) >= 11 is 7.31. The van der Waals surface area contributed by atoms with Crippen molar-refractivity contribution in [2.75, 3.05) is 10.7 Å². The molecule has 0 N–H and O–H groups in total. The van der Waals surface area contributed by atoms with Crippen LogP contribution in [0.2, 0.25) is 5.02 Å². The van der Waals surface area contributed by atoms with Gasteiger partial charge in [-0.15, -0.1) is 0 Å². The fourth-order valence-corrected chi connectivity index (χ4v) is 3.76. The third-order valence-corrected chi connectivity index (χ3v) is 5.23. The number of hydrogen-bond donors (Lipinski definition) is 0. The predicted octanol–water partition coefficient (Wildman–Crippen LogP) is 5.90. The largest absolute Gasteiger partial charge is 0.283 e. The molecule has 140 valence electrons. The molecule has 0 aromatic heterocycles. The summed E-state index contributed by atoms with van der Waals surface area (Å²) in [7, 11) is 0. The number of unbranched alkanes of at least 4 members (excludes halogenated alkanes) is 1. The molecule has 1 aliphatic rings. The Morgan fingerprint density at radius 3 is 2.67 bits per heavy atom. The highest BCUT2D eigenvalue weighted by molar-refractivity contribution is 8.14. The Morgan fingerprint density at radius 2 is 1.96 bits per heavy atom. The summed E-state index contributed by atoms with van der Waals surface area (Å²) in [4.78, 5) is 18.7. The number of carbonyl (C=O) groups is 1. The van der Waals surface area contributed by atoms with E-state index in [0.717, 1.165) is 18.6 Å². The summed E-state index contributed by atoms with van der Waals surface area (Å²) in [5.74, 6) is -0.621. The molecule has 7 heteroatoms. The van der Waals surface area contributed by atoms with Gasteiger partial charge in [0.25, 0.3) is 5.91 Å². The molecule has 1 aliphatic heterocycles. The van der Waals surface area contributed by atoms with Crippen molar-refractivity contribution in [3.8, 4) is 0 Å². The van der Waals surface area contributed by atoms with Gasteiger partial charge in [0, 0.05) is 11.3 Å². The molecule has 0 saturated carbocycles. The smallest absolute Gasteiger partial charge is 0.266 e. The van der Waals surface area contributed by atoms with E-state index >= 15 is 0 Å². The number of nitrogens with zero attached hydrogens (tertiary/aromatic N) is 2. The first-order valence-corrected chi connectivity index (χ1v) is 9.85. The first-order valence-electron chi connectivity index (χ1n) is 8.48. The number of amidine groups is 1. The maximum Gasteiger partial charge on any atom is 0.283 e. The molecule has 3 rings (SSSR count). The Morgan fingerprint density at radius 1 is 1.19 bits per heavy atom. The molecule has 0 unspecified atom stereocenters. The number of aliphatic imine (C=N–C) groups is 1. The van der Waals surface area contributed by atoms with Gasteiger partial charge in [-0.2, -0.15) is 0 Å². The van der Waals surface area contributed by atoms with Crippen LogP contribution in [-0.4, -0.2) is 16.8 Å². The van der Waals surface area contributed by atoms with Crippen LogP contribution in [0.3, 0.4) is 0 Å². The molecule has 3 nitrogen and oxygen atoms in total. The number of amides is 1. The molecule has 2 aromatic carbocycles. The van der Waals surface area contributed by atoms with Crippen molar-refractivity contribution in [2.24, 2.45) is 4.99 Å². The van der Waals surface area contributed by atoms with Crippen LogP contribution in [0.1, 0.15) is 25.3 Å². The standard InChI is InChI=1S/C20H17ClF2N2OS/c1-2-3-10-27-20-24-18(11-13-6-4-5-7-16(13)22)19(26)25(20)14-8-9-17(23)15(21)12-14/h4-9,11-12H,2-3,10H2,1H3. The second-order valence-electron chi connectivity index (χ2n) is 5.89. The number of thioether (sulfide) groups is 1. The van der Waals surface area contributed by atoms with E-state index in [1.165, 1.54) is 47.0 Å². The lowest BCUT2D eigenvalue weighted by molar-refractivity contribution is -0.113. The highest BCUT2D eigenvalue weighted by atomic mass is 35.5. The minimum absolute atomic E-state index is 0.0789. The van der Waals surface area contributed by atoms with Crippen molar-refractivity contribution in [1.29, 1.82) is 0 Å². The van der Waals surface area contributed by atoms with Gasteiger partial charge in [0.05, 0.1) is 10.7 Å². The van der Waals surface area contributed by atoms with Gasteiger partial charge in [0.2, 0.25) is 0 Å². The predicted molar refractivity (Wildman–Crippen MR) is 108 cm³/mol. The van der Waals surface area contributed by atoms with Gasteiger partial charge < -0.3 is 0 Å². The molecule has 0 saturated heterocycles. The highest BCUT2D eigenvalue weighted by Gasteiger charge is 2.32. The maximum atomic E-state index is 14.0. The minimum Gasteiger partial charge on any atom is -0.266 e. The minimum atomic E-state index is -0.564. The van der Waals surface area contributed by atoms with Crippen LogP contribution in [0.5, 0.6) is 0 Å². The van der Waals surface area contributed by atoms with E-state index in [1.54, 1.807) is 18.2 Å².